The molecule has 2 aromatic heterocycles. The Hall–Kier alpha value is -1.99. The summed E-state index contributed by atoms with van der Waals surface area (Å²) < 4.78 is 42.3. The van der Waals surface area contributed by atoms with Gasteiger partial charge in [-0.3, -0.25) is 4.40 Å². The van der Waals surface area contributed by atoms with Gasteiger partial charge in [0.2, 0.25) is 5.65 Å². The number of aromatic nitrogens is 3. The van der Waals surface area contributed by atoms with E-state index in [1.807, 2.05) is 0 Å². The van der Waals surface area contributed by atoms with Crippen LogP contribution in [0.25, 0.3) is 5.65 Å². The Labute approximate surface area is 94.0 Å². The first-order valence-electron chi connectivity index (χ1n) is 4.74. The number of halogens is 3. The highest BCUT2D eigenvalue weighted by Crippen LogP contribution is 2.21. The highest BCUT2D eigenvalue weighted by Gasteiger charge is 2.27. The quantitative estimate of drug-likeness (QED) is 0.894. The van der Waals surface area contributed by atoms with Crippen LogP contribution in [0, 0.1) is 0 Å². The molecule has 0 bridgehead atoms. The van der Waals surface area contributed by atoms with E-state index in [1.165, 1.54) is 16.8 Å². The van der Waals surface area contributed by atoms with E-state index in [2.05, 4.69) is 9.97 Å². The van der Waals surface area contributed by atoms with Crippen LogP contribution in [-0.2, 0) is 0 Å². The van der Waals surface area contributed by atoms with Crippen molar-refractivity contribution in [1.29, 1.82) is 0 Å². The fraction of sp³-hybridized carbons (Fsp3) is 0.333. The van der Waals surface area contributed by atoms with Crippen LogP contribution in [0.2, 0.25) is 0 Å². The van der Waals surface area contributed by atoms with Gasteiger partial charge in [-0.25, -0.2) is 4.98 Å². The van der Waals surface area contributed by atoms with Gasteiger partial charge in [-0.15, -0.1) is 0 Å². The second-order valence-electron chi connectivity index (χ2n) is 3.34. The van der Waals surface area contributed by atoms with E-state index in [0.717, 1.165) is 0 Å². The summed E-state index contributed by atoms with van der Waals surface area (Å²) in [6.45, 7) is -0.511. The molecule has 0 fully saturated rings. The van der Waals surface area contributed by atoms with Crippen LogP contribution in [0.1, 0.15) is 6.42 Å². The molecule has 0 saturated carbocycles. The van der Waals surface area contributed by atoms with Gasteiger partial charge in [0.15, 0.2) is 0 Å². The standard InChI is InChI=1S/C9H9F3N4O/c10-9(11,12)1-4-17-8-7-14-2-3-16(7)5-6(13)15-8/h2-3,5H,1,4,13H2. The van der Waals surface area contributed by atoms with E-state index in [-0.39, 0.29) is 11.7 Å². The molecule has 0 aromatic carbocycles. The number of nitrogens with two attached hydrogens (primary N) is 1. The molecule has 2 rings (SSSR count). The number of nitrogens with zero attached hydrogens (tertiary/aromatic N) is 3. The molecule has 0 spiro atoms. The van der Waals surface area contributed by atoms with Gasteiger partial charge in [0, 0.05) is 12.4 Å². The van der Waals surface area contributed by atoms with Crippen molar-refractivity contribution in [2.45, 2.75) is 12.6 Å². The highest BCUT2D eigenvalue weighted by atomic mass is 19.4. The van der Waals surface area contributed by atoms with E-state index in [9.17, 15) is 13.2 Å². The minimum absolute atomic E-state index is 0.000694. The van der Waals surface area contributed by atoms with Gasteiger partial charge in [0.1, 0.15) is 5.82 Å². The summed E-state index contributed by atoms with van der Waals surface area (Å²) in [5.41, 5.74) is 5.81. The summed E-state index contributed by atoms with van der Waals surface area (Å²) in [5.74, 6) is 0.150. The Morgan fingerprint density at radius 2 is 2.18 bits per heavy atom. The molecule has 2 N–H and O–H groups in total. The van der Waals surface area contributed by atoms with Crippen molar-refractivity contribution >= 4 is 11.5 Å². The van der Waals surface area contributed by atoms with Gasteiger partial charge in [-0.2, -0.15) is 18.2 Å². The minimum atomic E-state index is -4.26. The van der Waals surface area contributed by atoms with E-state index >= 15 is 0 Å². The lowest BCUT2D eigenvalue weighted by atomic mass is 10.4. The molecule has 0 unspecified atom stereocenters. The number of rotatable bonds is 3. The van der Waals surface area contributed by atoms with Gasteiger partial charge in [0.05, 0.1) is 19.2 Å². The van der Waals surface area contributed by atoms with Crippen molar-refractivity contribution in [3.8, 4) is 5.88 Å². The summed E-state index contributed by atoms with van der Waals surface area (Å²) >= 11 is 0. The number of anilines is 1. The van der Waals surface area contributed by atoms with Crippen molar-refractivity contribution in [2.24, 2.45) is 0 Å². The molecule has 8 heteroatoms. The second-order valence-corrected chi connectivity index (χ2v) is 3.34. The third kappa shape index (κ3) is 2.77. The fourth-order valence-corrected chi connectivity index (χ4v) is 1.28. The molecule has 0 amide bonds. The fourth-order valence-electron chi connectivity index (χ4n) is 1.28. The molecule has 0 aliphatic carbocycles. The van der Waals surface area contributed by atoms with Gasteiger partial charge < -0.3 is 10.5 Å². The maximum atomic E-state index is 11.9. The highest BCUT2D eigenvalue weighted by molar-refractivity contribution is 5.52. The predicted octanol–water partition coefficient (Wildman–Crippen LogP) is 1.64. The zero-order chi connectivity index (χ0) is 12.5. The largest absolute Gasteiger partial charge is 0.475 e. The number of ether oxygens (including phenoxy) is 1. The topological polar surface area (TPSA) is 65.4 Å². The molecule has 2 heterocycles. The summed E-state index contributed by atoms with van der Waals surface area (Å²) in [7, 11) is 0. The zero-order valence-corrected chi connectivity index (χ0v) is 8.61. The van der Waals surface area contributed by atoms with E-state index in [1.54, 1.807) is 6.20 Å². The summed E-state index contributed by atoms with van der Waals surface area (Å²) in [6, 6.07) is 0. The molecular formula is C9H9F3N4O. The smallest absolute Gasteiger partial charge is 0.392 e. The molecule has 0 saturated heterocycles. The summed E-state index contributed by atoms with van der Waals surface area (Å²) in [6.07, 6.45) is -0.724. The van der Waals surface area contributed by atoms with Crippen LogP contribution in [0.4, 0.5) is 19.0 Å². The zero-order valence-electron chi connectivity index (χ0n) is 8.61. The Kier molecular flexibility index (Phi) is 2.78. The van der Waals surface area contributed by atoms with E-state index in [4.69, 9.17) is 10.5 Å². The monoisotopic (exact) mass is 246 g/mol. The van der Waals surface area contributed by atoms with E-state index < -0.39 is 19.2 Å². The van der Waals surface area contributed by atoms with E-state index in [0.29, 0.717) is 5.65 Å². The predicted molar refractivity (Wildman–Crippen MR) is 53.6 cm³/mol. The maximum Gasteiger partial charge on any atom is 0.392 e. The van der Waals surface area contributed by atoms with Crippen molar-refractivity contribution < 1.29 is 17.9 Å². The molecule has 0 atom stereocenters. The van der Waals surface area contributed by atoms with Gasteiger partial charge in [0.25, 0.3) is 5.88 Å². The molecule has 0 radical (unpaired) electrons. The lowest BCUT2D eigenvalue weighted by molar-refractivity contribution is -0.139. The molecule has 5 nitrogen and oxygen atoms in total. The Morgan fingerprint density at radius 3 is 2.88 bits per heavy atom. The first-order chi connectivity index (χ1) is 7.96. The number of hydrogen-bond acceptors (Lipinski definition) is 4. The van der Waals surface area contributed by atoms with Crippen molar-refractivity contribution in [1.82, 2.24) is 14.4 Å². The molecular weight excluding hydrogens is 237 g/mol. The Bertz CT molecular complexity index is 522. The molecule has 17 heavy (non-hydrogen) atoms. The first-order valence-corrected chi connectivity index (χ1v) is 4.74. The third-order valence-corrected chi connectivity index (χ3v) is 1.99. The molecule has 0 aliphatic rings. The number of nitrogen functional groups attached to an aromatic ring is 1. The number of imidazole rings is 1. The van der Waals surface area contributed by atoms with Crippen LogP contribution in [0.5, 0.6) is 5.88 Å². The molecule has 2 aromatic rings. The second kappa shape index (κ2) is 4.11. The average Bonchev–Trinajstić information content (AvgIpc) is 2.63. The van der Waals surface area contributed by atoms with Crippen LogP contribution in [0.15, 0.2) is 18.6 Å². The normalized spacial score (nSPS) is 11.9. The van der Waals surface area contributed by atoms with Gasteiger partial charge >= 0.3 is 6.18 Å². The van der Waals surface area contributed by atoms with Crippen LogP contribution in [-0.4, -0.2) is 27.2 Å². The first kappa shape index (κ1) is 11.5. The van der Waals surface area contributed by atoms with Crippen LogP contribution in [0.3, 0.4) is 0 Å². The van der Waals surface area contributed by atoms with Crippen LogP contribution < -0.4 is 10.5 Å². The summed E-state index contributed by atoms with van der Waals surface area (Å²) in [4.78, 5) is 7.71. The minimum Gasteiger partial charge on any atom is -0.475 e. The van der Waals surface area contributed by atoms with Gasteiger partial charge in [-0.05, 0) is 0 Å². The Balaban J connectivity index is 2.15. The number of fused-ring (bicyclic) bond motifs is 1. The van der Waals surface area contributed by atoms with Crippen molar-refractivity contribution in [2.75, 3.05) is 12.3 Å². The lowest BCUT2D eigenvalue weighted by Crippen LogP contribution is -2.14. The Morgan fingerprint density at radius 1 is 1.41 bits per heavy atom. The van der Waals surface area contributed by atoms with Crippen molar-refractivity contribution in [3.05, 3.63) is 18.6 Å². The third-order valence-electron chi connectivity index (χ3n) is 1.99. The number of hydrogen-bond donors (Lipinski definition) is 1. The van der Waals surface area contributed by atoms with Crippen molar-refractivity contribution in [3.63, 3.8) is 0 Å². The maximum absolute atomic E-state index is 11.9. The average molecular weight is 246 g/mol. The molecule has 92 valence electrons. The van der Waals surface area contributed by atoms with Crippen LogP contribution >= 0.6 is 0 Å². The molecule has 0 aliphatic heterocycles. The summed E-state index contributed by atoms with van der Waals surface area (Å²) in [5, 5.41) is 0. The number of alkyl halides is 3. The SMILES string of the molecule is Nc1cn2ccnc2c(OCCC(F)(F)F)n1. The van der Waals surface area contributed by atoms with Gasteiger partial charge in [-0.1, -0.05) is 0 Å². The lowest BCUT2D eigenvalue weighted by Gasteiger charge is -2.09.